The van der Waals surface area contributed by atoms with Crippen LogP contribution in [-0.4, -0.2) is 64.5 Å². The molecule has 0 aromatic heterocycles. The number of nitrogens with one attached hydrogen (secondary N) is 2. The van der Waals surface area contributed by atoms with Crippen LogP contribution in [0.3, 0.4) is 0 Å². The highest BCUT2D eigenvalue weighted by Crippen LogP contribution is 2.27. The van der Waals surface area contributed by atoms with Gasteiger partial charge in [-0.15, -0.1) is 0 Å². The van der Waals surface area contributed by atoms with Crippen molar-refractivity contribution in [3.05, 3.63) is 70.8 Å². The summed E-state index contributed by atoms with van der Waals surface area (Å²) in [5.74, 6) is -2.51. The Labute approximate surface area is 272 Å². The van der Waals surface area contributed by atoms with E-state index in [1.165, 1.54) is 4.90 Å². The number of benzene rings is 2. The number of hydrogen-bond donors (Lipinski definition) is 3. The summed E-state index contributed by atoms with van der Waals surface area (Å²) >= 11 is 0. The Morgan fingerprint density at radius 1 is 0.848 bits per heavy atom. The Morgan fingerprint density at radius 3 is 1.98 bits per heavy atom. The predicted octanol–water partition coefficient (Wildman–Crippen LogP) is 4.42. The number of nitrogens with zero attached hydrogens (tertiary/aromatic N) is 1. The van der Waals surface area contributed by atoms with Gasteiger partial charge in [-0.2, -0.15) is 0 Å². The van der Waals surface area contributed by atoms with E-state index in [-0.39, 0.29) is 25.8 Å². The molecule has 0 aliphatic rings. The van der Waals surface area contributed by atoms with Crippen molar-refractivity contribution in [1.29, 1.82) is 0 Å². The third kappa shape index (κ3) is 12.2. The van der Waals surface area contributed by atoms with Gasteiger partial charge in [0.05, 0.1) is 0 Å². The minimum atomic E-state index is -1.23. The van der Waals surface area contributed by atoms with Gasteiger partial charge in [0.25, 0.3) is 0 Å². The lowest BCUT2D eigenvalue weighted by Gasteiger charge is -2.35. The summed E-state index contributed by atoms with van der Waals surface area (Å²) in [6.45, 7) is 15.8. The normalized spacial score (nSPS) is 13.5. The molecule has 0 aliphatic heterocycles. The van der Waals surface area contributed by atoms with Crippen LogP contribution in [0, 0.1) is 13.8 Å². The number of rotatable bonds is 13. The second-order valence-electron chi connectivity index (χ2n) is 13.4. The molecule has 2 aromatic carbocycles. The Hall–Kier alpha value is -4.41. The Balaban J connectivity index is 2.59. The van der Waals surface area contributed by atoms with Crippen molar-refractivity contribution < 1.29 is 33.4 Å². The number of carbonyl (C=O) groups excluding carboxylic acids is 5. The topological polar surface area (TPSA) is 157 Å². The van der Waals surface area contributed by atoms with E-state index < -0.39 is 59.1 Å². The Kier molecular flexibility index (Phi) is 13.3. The molecule has 0 fully saturated rings. The van der Waals surface area contributed by atoms with Gasteiger partial charge in [-0.05, 0) is 85.4 Å². The summed E-state index contributed by atoms with van der Waals surface area (Å²) < 4.78 is 11.0. The van der Waals surface area contributed by atoms with Gasteiger partial charge in [-0.25, -0.2) is 9.59 Å². The molecular formula is C35H50N4O7. The molecule has 0 radical (unpaired) electrons. The van der Waals surface area contributed by atoms with Gasteiger partial charge in [-0.1, -0.05) is 54.1 Å². The first-order chi connectivity index (χ1) is 21.3. The van der Waals surface area contributed by atoms with Crippen LogP contribution in [0.5, 0.6) is 0 Å². The highest BCUT2D eigenvalue weighted by atomic mass is 16.6. The van der Waals surface area contributed by atoms with E-state index in [0.29, 0.717) is 5.56 Å². The summed E-state index contributed by atoms with van der Waals surface area (Å²) in [6.07, 6.45) is -1.00. The number of amides is 4. The maximum atomic E-state index is 14.4. The van der Waals surface area contributed by atoms with E-state index in [4.69, 9.17) is 15.2 Å². The van der Waals surface area contributed by atoms with Crippen LogP contribution in [0.15, 0.2) is 48.5 Å². The standard InChI is InChI=1S/C35H50N4O7/c1-10-39(31(42)26(18-19-28(36)40)38-33(44)46-35(7,8)9)29(25-17-16-22(2)20-23(25)3)30(41)37-27(32(43)45-34(4,5)6)21-24-14-12-11-13-15-24/h11-17,20,26-27,29H,10,18-19,21H2,1-9H3,(H2,36,40)(H,37,41)(H,38,44). The number of primary amides is 1. The van der Waals surface area contributed by atoms with E-state index in [9.17, 15) is 24.0 Å². The van der Waals surface area contributed by atoms with Gasteiger partial charge in [-0.3, -0.25) is 14.4 Å². The van der Waals surface area contributed by atoms with Crippen LogP contribution >= 0.6 is 0 Å². The second kappa shape index (κ2) is 16.2. The maximum absolute atomic E-state index is 14.4. The van der Waals surface area contributed by atoms with Crippen LogP contribution in [0.4, 0.5) is 4.79 Å². The zero-order valence-electron chi connectivity index (χ0n) is 28.6. The molecule has 0 aliphatic carbocycles. The summed E-state index contributed by atoms with van der Waals surface area (Å²) in [7, 11) is 0. The molecule has 0 spiro atoms. The van der Waals surface area contributed by atoms with E-state index in [1.54, 1.807) is 54.5 Å². The van der Waals surface area contributed by atoms with E-state index >= 15 is 0 Å². The summed E-state index contributed by atoms with van der Waals surface area (Å²) in [6, 6.07) is 11.2. The minimum absolute atomic E-state index is 0.0586. The first kappa shape index (κ1) is 37.8. The SMILES string of the molecule is CCN(C(=O)C(CCC(N)=O)NC(=O)OC(C)(C)C)C(C(=O)NC(Cc1ccccc1)C(=O)OC(C)(C)C)c1ccc(C)cc1C. The van der Waals surface area contributed by atoms with Crippen molar-refractivity contribution in [2.75, 3.05) is 6.54 Å². The highest BCUT2D eigenvalue weighted by molar-refractivity contribution is 5.94. The number of ether oxygens (including phenoxy) is 2. The molecular weight excluding hydrogens is 588 g/mol. The molecule has 2 rings (SSSR count). The molecule has 4 amide bonds. The van der Waals surface area contributed by atoms with Crippen molar-refractivity contribution in [2.24, 2.45) is 5.73 Å². The number of aryl methyl sites for hydroxylation is 2. The van der Waals surface area contributed by atoms with Crippen LogP contribution in [0.25, 0.3) is 0 Å². The van der Waals surface area contributed by atoms with Gasteiger partial charge in [0.15, 0.2) is 0 Å². The van der Waals surface area contributed by atoms with Crippen LogP contribution in [0.1, 0.15) is 89.6 Å². The lowest BCUT2D eigenvalue weighted by Crippen LogP contribution is -2.55. The number of esters is 1. The fourth-order valence-electron chi connectivity index (χ4n) is 4.91. The average molecular weight is 639 g/mol. The molecule has 3 unspecified atom stereocenters. The van der Waals surface area contributed by atoms with Crippen molar-refractivity contribution in [3.63, 3.8) is 0 Å². The zero-order valence-corrected chi connectivity index (χ0v) is 28.6. The van der Waals surface area contributed by atoms with Crippen LogP contribution in [0.2, 0.25) is 0 Å². The number of nitrogens with two attached hydrogens (primary N) is 1. The number of alkyl carbamates (subject to hydrolysis) is 1. The fourth-order valence-corrected chi connectivity index (χ4v) is 4.91. The summed E-state index contributed by atoms with van der Waals surface area (Å²) in [5, 5.41) is 5.43. The van der Waals surface area contributed by atoms with Crippen molar-refractivity contribution in [1.82, 2.24) is 15.5 Å². The van der Waals surface area contributed by atoms with Crippen molar-refractivity contribution >= 4 is 29.8 Å². The van der Waals surface area contributed by atoms with Gasteiger partial charge in [0.1, 0.15) is 29.3 Å². The number of carbonyl (C=O) groups is 5. The molecule has 0 bridgehead atoms. The van der Waals surface area contributed by atoms with Crippen LogP contribution < -0.4 is 16.4 Å². The minimum Gasteiger partial charge on any atom is -0.458 e. The van der Waals surface area contributed by atoms with E-state index in [1.807, 2.05) is 56.3 Å². The molecule has 4 N–H and O–H groups in total. The second-order valence-corrected chi connectivity index (χ2v) is 13.4. The Morgan fingerprint density at radius 2 is 1.46 bits per heavy atom. The first-order valence-electron chi connectivity index (χ1n) is 15.5. The lowest BCUT2D eigenvalue weighted by molar-refractivity contribution is -0.159. The lowest BCUT2D eigenvalue weighted by atomic mass is 9.95. The molecule has 3 atom stereocenters. The molecule has 11 heteroatoms. The maximum Gasteiger partial charge on any atom is 0.408 e. The third-order valence-corrected chi connectivity index (χ3v) is 6.86. The smallest absolute Gasteiger partial charge is 0.408 e. The quantitative estimate of drug-likeness (QED) is 0.274. The fraction of sp³-hybridized carbons (Fsp3) is 0.514. The van der Waals surface area contributed by atoms with Gasteiger partial charge in [0, 0.05) is 19.4 Å². The molecule has 11 nitrogen and oxygen atoms in total. The van der Waals surface area contributed by atoms with Gasteiger partial charge < -0.3 is 30.7 Å². The summed E-state index contributed by atoms with van der Waals surface area (Å²) in [5.41, 5.74) is 6.78. The first-order valence-corrected chi connectivity index (χ1v) is 15.5. The predicted molar refractivity (Wildman–Crippen MR) is 176 cm³/mol. The third-order valence-electron chi connectivity index (χ3n) is 6.86. The summed E-state index contributed by atoms with van der Waals surface area (Å²) in [4.78, 5) is 67.8. The molecule has 0 saturated heterocycles. The monoisotopic (exact) mass is 638 g/mol. The molecule has 2 aromatic rings. The average Bonchev–Trinajstić information content (AvgIpc) is 2.92. The number of hydrogen-bond acceptors (Lipinski definition) is 7. The zero-order chi connectivity index (χ0) is 34.8. The highest BCUT2D eigenvalue weighted by Gasteiger charge is 2.38. The largest absolute Gasteiger partial charge is 0.458 e. The van der Waals surface area contributed by atoms with Crippen molar-refractivity contribution in [2.45, 2.75) is 111 Å². The number of likely N-dealkylation sites (N-methyl/N-ethyl adjacent to an activating group) is 1. The molecule has 252 valence electrons. The van der Waals surface area contributed by atoms with Gasteiger partial charge in [0.2, 0.25) is 17.7 Å². The Bertz CT molecular complexity index is 1380. The van der Waals surface area contributed by atoms with Crippen LogP contribution in [-0.2, 0) is 35.1 Å². The van der Waals surface area contributed by atoms with E-state index in [2.05, 4.69) is 10.6 Å². The van der Waals surface area contributed by atoms with Crippen molar-refractivity contribution in [3.8, 4) is 0 Å². The molecule has 46 heavy (non-hydrogen) atoms. The van der Waals surface area contributed by atoms with E-state index in [0.717, 1.165) is 16.7 Å². The molecule has 0 heterocycles. The van der Waals surface area contributed by atoms with Gasteiger partial charge >= 0.3 is 12.1 Å². The molecule has 0 saturated carbocycles.